The Labute approximate surface area is 262 Å². The summed E-state index contributed by atoms with van der Waals surface area (Å²) in [6, 6.07) is 37.3. The third-order valence-electron chi connectivity index (χ3n) is 10.4. The van der Waals surface area contributed by atoms with Crippen LogP contribution in [0.3, 0.4) is 0 Å². The number of hydrogen-bond acceptors (Lipinski definition) is 5. The van der Waals surface area contributed by atoms with Crippen molar-refractivity contribution in [1.82, 2.24) is 30.0 Å². The van der Waals surface area contributed by atoms with Crippen LogP contribution in [0.1, 0.15) is 53.2 Å². The highest BCUT2D eigenvalue weighted by Gasteiger charge is 2.54. The van der Waals surface area contributed by atoms with Gasteiger partial charge in [0.1, 0.15) is 11.0 Å². The molecule has 3 aromatic carbocycles. The number of fused-ring (bicyclic) bond motifs is 6. The minimum Gasteiger partial charge on any atom is -0.359 e. The van der Waals surface area contributed by atoms with Gasteiger partial charge in [0.2, 0.25) is 0 Å². The molecule has 0 saturated heterocycles. The van der Waals surface area contributed by atoms with Crippen LogP contribution in [-0.2, 0) is 11.0 Å². The molecule has 0 saturated carbocycles. The molecule has 45 heavy (non-hydrogen) atoms. The van der Waals surface area contributed by atoms with E-state index in [0.29, 0.717) is 0 Å². The summed E-state index contributed by atoms with van der Waals surface area (Å²) in [5, 5.41) is 7.84. The third-order valence-corrected chi connectivity index (χ3v) is 10.4. The van der Waals surface area contributed by atoms with Crippen molar-refractivity contribution in [2.75, 3.05) is 13.7 Å². The molecule has 2 aliphatic carbocycles. The van der Waals surface area contributed by atoms with Crippen molar-refractivity contribution in [3.05, 3.63) is 172 Å². The Morgan fingerprint density at radius 3 is 1.98 bits per heavy atom. The molecule has 0 radical (unpaired) electrons. The molecule has 1 aliphatic heterocycles. The summed E-state index contributed by atoms with van der Waals surface area (Å²) >= 11 is 0. The van der Waals surface area contributed by atoms with Gasteiger partial charge in [-0.25, -0.2) is 0 Å². The van der Waals surface area contributed by atoms with Gasteiger partial charge in [-0.15, -0.1) is 0 Å². The van der Waals surface area contributed by atoms with Crippen LogP contribution in [0.15, 0.2) is 133 Å². The average Bonchev–Trinajstić information content (AvgIpc) is 3.85. The predicted molar refractivity (Wildman–Crippen MR) is 176 cm³/mol. The lowest BCUT2D eigenvalue weighted by atomic mass is 9.70. The lowest BCUT2D eigenvalue weighted by Gasteiger charge is -2.43. The molecule has 3 aliphatic rings. The molecular weight excluding hydrogens is 552 g/mol. The largest absolute Gasteiger partial charge is 0.359 e. The summed E-state index contributed by atoms with van der Waals surface area (Å²) in [5.74, 6) is 0. The minimum absolute atomic E-state index is 0.639. The van der Waals surface area contributed by atoms with Crippen LogP contribution in [-0.4, -0.2) is 43.7 Å². The normalized spacial score (nSPS) is 21.1. The molecule has 218 valence electrons. The zero-order valence-electron chi connectivity index (χ0n) is 25.5. The monoisotopic (exact) mass is 584 g/mol. The Morgan fingerprint density at radius 2 is 1.27 bits per heavy atom. The highest BCUT2D eigenvalue weighted by Crippen LogP contribution is 2.58. The van der Waals surface area contributed by atoms with Gasteiger partial charge in [0, 0.05) is 48.2 Å². The molecule has 4 heterocycles. The summed E-state index contributed by atoms with van der Waals surface area (Å²) in [6.45, 7) is 5.21. The number of aromatic amines is 1. The summed E-state index contributed by atoms with van der Waals surface area (Å²) in [6.07, 6.45) is 5.69. The second-order valence-corrected chi connectivity index (χ2v) is 12.3. The maximum Gasteiger partial charge on any atom is 0.136 e. The molecule has 0 amide bonds. The zero-order chi connectivity index (χ0) is 30.3. The average molecular weight is 585 g/mol. The van der Waals surface area contributed by atoms with Gasteiger partial charge in [0.25, 0.3) is 0 Å². The standard InChI is InChI=1S/C39H32N6/c1-25-26(2)45(24-44(25)3)39(34-18-7-5-14-30(34)32-16-10-21-41-37(32)39)28-12-8-11-27(23-28)38(35-19-22-42-43-35)33-17-6-4-13-29(33)31-15-9-20-40-36(31)38/h4-23H,24H2,1-3H3,(H,42,43). The van der Waals surface area contributed by atoms with E-state index in [-0.39, 0.29) is 0 Å². The van der Waals surface area contributed by atoms with Crippen LogP contribution in [0, 0.1) is 0 Å². The second kappa shape index (κ2) is 9.26. The first-order chi connectivity index (χ1) is 22.1. The molecule has 3 aromatic heterocycles. The molecule has 6 nitrogen and oxygen atoms in total. The lowest BCUT2D eigenvalue weighted by molar-refractivity contribution is 0.178. The summed E-state index contributed by atoms with van der Waals surface area (Å²) in [5.41, 5.74) is 13.8. The third kappa shape index (κ3) is 3.16. The van der Waals surface area contributed by atoms with Crippen molar-refractivity contribution >= 4 is 0 Å². The summed E-state index contributed by atoms with van der Waals surface area (Å²) < 4.78 is 0. The number of nitrogens with one attached hydrogen (secondary N) is 1. The topological polar surface area (TPSA) is 60.9 Å². The maximum absolute atomic E-state index is 5.19. The zero-order valence-corrected chi connectivity index (χ0v) is 25.5. The van der Waals surface area contributed by atoms with Gasteiger partial charge in [-0.05, 0) is 65.4 Å². The lowest BCUT2D eigenvalue weighted by Crippen LogP contribution is -2.47. The first-order valence-electron chi connectivity index (χ1n) is 15.5. The fourth-order valence-electron chi connectivity index (χ4n) is 8.30. The molecular formula is C39H32N6. The first-order valence-corrected chi connectivity index (χ1v) is 15.5. The fraction of sp³-hybridized carbons (Fsp3) is 0.154. The van der Waals surface area contributed by atoms with Gasteiger partial charge >= 0.3 is 0 Å². The van der Waals surface area contributed by atoms with Crippen LogP contribution in [0.4, 0.5) is 0 Å². The first kappa shape index (κ1) is 26.0. The maximum atomic E-state index is 5.19. The van der Waals surface area contributed by atoms with Gasteiger partial charge in [0.15, 0.2) is 0 Å². The highest BCUT2D eigenvalue weighted by atomic mass is 15.4. The Morgan fingerprint density at radius 1 is 0.622 bits per heavy atom. The highest BCUT2D eigenvalue weighted by molar-refractivity contribution is 5.85. The number of rotatable bonds is 4. The summed E-state index contributed by atoms with van der Waals surface area (Å²) in [7, 11) is 2.18. The molecule has 0 fully saturated rings. The number of pyridine rings is 2. The number of nitrogens with zero attached hydrogens (tertiary/aromatic N) is 5. The quantitative estimate of drug-likeness (QED) is 0.235. The van der Waals surface area contributed by atoms with E-state index in [1.54, 1.807) is 0 Å². The van der Waals surface area contributed by atoms with E-state index in [0.717, 1.165) is 34.9 Å². The van der Waals surface area contributed by atoms with Gasteiger partial charge in [-0.3, -0.25) is 15.1 Å². The van der Waals surface area contributed by atoms with Crippen molar-refractivity contribution in [2.24, 2.45) is 0 Å². The van der Waals surface area contributed by atoms with Crippen molar-refractivity contribution < 1.29 is 0 Å². The molecule has 9 rings (SSSR count). The van der Waals surface area contributed by atoms with Crippen molar-refractivity contribution in [2.45, 2.75) is 24.8 Å². The number of benzene rings is 3. The second-order valence-electron chi connectivity index (χ2n) is 12.3. The van der Waals surface area contributed by atoms with Crippen molar-refractivity contribution in [3.63, 3.8) is 0 Å². The molecule has 0 spiro atoms. The van der Waals surface area contributed by atoms with E-state index >= 15 is 0 Å². The predicted octanol–water partition coefficient (Wildman–Crippen LogP) is 7.29. The van der Waals surface area contributed by atoms with Crippen LogP contribution in [0.2, 0.25) is 0 Å². The van der Waals surface area contributed by atoms with E-state index in [1.807, 2.05) is 24.7 Å². The van der Waals surface area contributed by atoms with Crippen LogP contribution in [0.5, 0.6) is 0 Å². The van der Waals surface area contributed by atoms with Crippen LogP contribution < -0.4 is 0 Å². The Hall–Kier alpha value is -5.49. The van der Waals surface area contributed by atoms with Gasteiger partial charge in [-0.1, -0.05) is 84.9 Å². The van der Waals surface area contributed by atoms with Crippen LogP contribution in [0.25, 0.3) is 22.3 Å². The van der Waals surface area contributed by atoms with E-state index in [4.69, 9.17) is 9.97 Å². The van der Waals surface area contributed by atoms with E-state index in [1.165, 1.54) is 44.8 Å². The smallest absolute Gasteiger partial charge is 0.136 e. The SMILES string of the molecule is CC1=C(C)N(C2(c3cccc(C4(c5ccn[nH]5)c5ccccc5-c5cccnc54)c3)c3ccccc3-c3cccnc32)CN1C. The minimum atomic E-state index is -0.672. The van der Waals surface area contributed by atoms with E-state index in [9.17, 15) is 0 Å². The van der Waals surface area contributed by atoms with E-state index < -0.39 is 11.0 Å². The number of hydrogen-bond donors (Lipinski definition) is 1. The molecule has 6 aromatic rings. The molecule has 0 bridgehead atoms. The Kier molecular flexibility index (Phi) is 5.34. The van der Waals surface area contributed by atoms with Crippen molar-refractivity contribution in [1.29, 1.82) is 0 Å². The van der Waals surface area contributed by atoms with Crippen molar-refractivity contribution in [3.8, 4) is 22.3 Å². The molecule has 2 unspecified atom stereocenters. The van der Waals surface area contributed by atoms with Gasteiger partial charge in [0.05, 0.1) is 23.8 Å². The number of allylic oxidation sites excluding steroid dienone is 2. The molecule has 2 atom stereocenters. The molecule has 6 heteroatoms. The van der Waals surface area contributed by atoms with E-state index in [2.05, 4.69) is 138 Å². The number of aromatic nitrogens is 4. The molecule has 1 N–H and O–H groups in total. The van der Waals surface area contributed by atoms with Crippen LogP contribution >= 0.6 is 0 Å². The number of H-pyrrole nitrogens is 1. The Bertz CT molecular complexity index is 2070. The van der Waals surface area contributed by atoms with Gasteiger partial charge in [-0.2, -0.15) is 5.10 Å². The summed E-state index contributed by atoms with van der Waals surface area (Å²) in [4.78, 5) is 15.2. The Balaban J connectivity index is 1.39. The fourth-order valence-corrected chi connectivity index (χ4v) is 8.30. The van der Waals surface area contributed by atoms with Gasteiger partial charge < -0.3 is 9.80 Å².